The number of carboxylic acid groups (broad SMARTS) is 1. The molecule has 0 saturated carbocycles. The topological polar surface area (TPSA) is 101 Å². The highest BCUT2D eigenvalue weighted by Gasteiger charge is 2.04. The molecule has 0 atom stereocenters. The molecule has 1 rings (SSSR count). The number of ether oxygens (including phenoxy) is 5. The number of aliphatic carboxylic acids is 1. The van der Waals surface area contributed by atoms with Gasteiger partial charge in [0.15, 0.2) is 0 Å². The first-order valence-corrected chi connectivity index (χ1v) is 7.95. The summed E-state index contributed by atoms with van der Waals surface area (Å²) in [5, 5.41) is 8.35. The third kappa shape index (κ3) is 12.1. The van der Waals surface area contributed by atoms with Crippen LogP contribution < -0.4 is 0 Å². The lowest BCUT2D eigenvalue weighted by molar-refractivity contribution is -0.142. The Morgan fingerprint density at radius 1 is 0.720 bits per heavy atom. The lowest BCUT2D eigenvalue weighted by atomic mass is 10.2. The zero-order valence-corrected chi connectivity index (χ0v) is 14.1. The molecule has 8 heteroatoms. The molecular formula is C17H24O8. The molecular weight excluding hydrogens is 332 g/mol. The van der Waals surface area contributed by atoms with Gasteiger partial charge in [0.05, 0.1) is 51.8 Å². The van der Waals surface area contributed by atoms with Crippen molar-refractivity contribution in [2.45, 2.75) is 0 Å². The summed E-state index contributed by atoms with van der Waals surface area (Å²) < 4.78 is 25.6. The van der Waals surface area contributed by atoms with E-state index in [2.05, 4.69) is 0 Å². The van der Waals surface area contributed by atoms with Crippen LogP contribution in [-0.4, -0.2) is 76.5 Å². The summed E-state index contributed by atoms with van der Waals surface area (Å²) in [5.74, 6) is -1.37. The molecule has 0 spiro atoms. The minimum atomic E-state index is -1.00. The van der Waals surface area contributed by atoms with Crippen LogP contribution in [0.5, 0.6) is 0 Å². The Bertz CT molecular complexity index is 477. The molecule has 0 aromatic heterocycles. The maximum absolute atomic E-state index is 11.6. The summed E-state index contributed by atoms with van der Waals surface area (Å²) >= 11 is 0. The minimum absolute atomic E-state index is 0.188. The first-order valence-electron chi connectivity index (χ1n) is 7.95. The van der Waals surface area contributed by atoms with Crippen molar-refractivity contribution in [3.05, 3.63) is 35.9 Å². The predicted octanol–water partition coefficient (Wildman–Crippen LogP) is 0.994. The zero-order chi connectivity index (χ0) is 18.2. The minimum Gasteiger partial charge on any atom is -0.480 e. The fourth-order valence-electron chi connectivity index (χ4n) is 1.67. The van der Waals surface area contributed by atoms with Gasteiger partial charge in [0.2, 0.25) is 0 Å². The number of esters is 1. The highest BCUT2D eigenvalue weighted by molar-refractivity contribution is 5.89. The summed E-state index contributed by atoms with van der Waals surface area (Å²) in [6, 6.07) is 8.77. The van der Waals surface area contributed by atoms with E-state index in [-0.39, 0.29) is 25.8 Å². The first kappa shape index (κ1) is 21.0. The molecule has 0 saturated heterocycles. The fourth-order valence-corrected chi connectivity index (χ4v) is 1.67. The van der Waals surface area contributed by atoms with Gasteiger partial charge in [0.1, 0.15) is 13.2 Å². The molecule has 0 bridgehead atoms. The van der Waals surface area contributed by atoms with Gasteiger partial charge in [0, 0.05) is 0 Å². The molecule has 1 aromatic carbocycles. The highest BCUT2D eigenvalue weighted by Crippen LogP contribution is 2.00. The van der Waals surface area contributed by atoms with Gasteiger partial charge < -0.3 is 28.8 Å². The summed E-state index contributed by atoms with van der Waals surface area (Å²) in [6.07, 6.45) is 0. The van der Waals surface area contributed by atoms with Crippen LogP contribution in [0.1, 0.15) is 10.4 Å². The number of rotatable bonds is 15. The van der Waals surface area contributed by atoms with E-state index >= 15 is 0 Å². The molecule has 1 aromatic rings. The second-order valence-corrected chi connectivity index (χ2v) is 4.79. The smallest absolute Gasteiger partial charge is 0.338 e. The van der Waals surface area contributed by atoms with Crippen molar-refractivity contribution in [3.63, 3.8) is 0 Å². The number of carbonyl (C=O) groups is 2. The Hall–Kier alpha value is -2.00. The Morgan fingerprint density at radius 3 is 1.72 bits per heavy atom. The SMILES string of the molecule is O=C(O)COCCOCCOCCOCCOC(=O)c1ccccc1. The van der Waals surface area contributed by atoms with Gasteiger partial charge in [-0.15, -0.1) is 0 Å². The number of carboxylic acids is 1. The Balaban J connectivity index is 1.80. The van der Waals surface area contributed by atoms with Crippen molar-refractivity contribution in [1.29, 1.82) is 0 Å². The predicted molar refractivity (Wildman–Crippen MR) is 87.6 cm³/mol. The van der Waals surface area contributed by atoms with E-state index in [9.17, 15) is 9.59 Å². The molecule has 0 unspecified atom stereocenters. The maximum atomic E-state index is 11.6. The second kappa shape index (κ2) is 14.4. The zero-order valence-electron chi connectivity index (χ0n) is 14.1. The van der Waals surface area contributed by atoms with E-state index in [1.807, 2.05) is 6.07 Å². The summed E-state index contributed by atoms with van der Waals surface area (Å²) in [7, 11) is 0. The van der Waals surface area contributed by atoms with Crippen molar-refractivity contribution in [3.8, 4) is 0 Å². The lowest BCUT2D eigenvalue weighted by Gasteiger charge is -2.07. The quantitative estimate of drug-likeness (QED) is 0.367. The van der Waals surface area contributed by atoms with Crippen molar-refractivity contribution in [1.82, 2.24) is 0 Å². The fraction of sp³-hybridized carbons (Fsp3) is 0.529. The average molecular weight is 356 g/mol. The molecule has 0 fully saturated rings. The number of hydrogen-bond donors (Lipinski definition) is 1. The van der Waals surface area contributed by atoms with Crippen LogP contribution in [0, 0.1) is 0 Å². The summed E-state index contributed by atoms with van der Waals surface area (Å²) in [5.41, 5.74) is 0.513. The molecule has 0 heterocycles. The molecule has 0 amide bonds. The van der Waals surface area contributed by atoms with Crippen molar-refractivity contribution in [2.75, 3.05) is 59.5 Å². The van der Waals surface area contributed by atoms with Crippen LogP contribution in [-0.2, 0) is 28.5 Å². The van der Waals surface area contributed by atoms with E-state index in [0.29, 0.717) is 45.2 Å². The second-order valence-electron chi connectivity index (χ2n) is 4.79. The van der Waals surface area contributed by atoms with E-state index in [1.165, 1.54) is 0 Å². The molecule has 8 nitrogen and oxygen atoms in total. The van der Waals surface area contributed by atoms with E-state index < -0.39 is 5.97 Å². The van der Waals surface area contributed by atoms with Crippen molar-refractivity contribution in [2.24, 2.45) is 0 Å². The number of benzene rings is 1. The molecule has 0 aliphatic rings. The molecule has 0 aliphatic heterocycles. The van der Waals surface area contributed by atoms with Crippen LogP contribution in [0.4, 0.5) is 0 Å². The molecule has 0 radical (unpaired) electrons. The average Bonchev–Trinajstić information content (AvgIpc) is 2.62. The van der Waals surface area contributed by atoms with Gasteiger partial charge in [-0.25, -0.2) is 9.59 Å². The number of hydrogen-bond acceptors (Lipinski definition) is 7. The van der Waals surface area contributed by atoms with E-state index in [1.54, 1.807) is 24.3 Å². The van der Waals surface area contributed by atoms with Crippen LogP contribution in [0.15, 0.2) is 30.3 Å². The van der Waals surface area contributed by atoms with Crippen LogP contribution >= 0.6 is 0 Å². The third-order valence-corrected chi connectivity index (χ3v) is 2.81. The third-order valence-electron chi connectivity index (χ3n) is 2.81. The Kier molecular flexibility index (Phi) is 12.1. The van der Waals surface area contributed by atoms with Crippen LogP contribution in [0.3, 0.4) is 0 Å². The molecule has 1 N–H and O–H groups in total. The van der Waals surface area contributed by atoms with Gasteiger partial charge in [0.25, 0.3) is 0 Å². The normalized spacial score (nSPS) is 10.6. The van der Waals surface area contributed by atoms with Gasteiger partial charge in [-0.1, -0.05) is 18.2 Å². The lowest BCUT2D eigenvalue weighted by Crippen LogP contribution is -2.15. The van der Waals surface area contributed by atoms with Gasteiger partial charge in [-0.05, 0) is 12.1 Å². The standard InChI is InChI=1S/C17H24O8/c18-16(19)14-24-11-10-22-7-6-21-8-9-23-12-13-25-17(20)15-4-2-1-3-5-15/h1-5H,6-14H2,(H,18,19). The Labute approximate surface area is 146 Å². The number of carbonyl (C=O) groups excluding carboxylic acids is 1. The van der Waals surface area contributed by atoms with E-state index in [0.717, 1.165) is 0 Å². The molecule has 0 aliphatic carbocycles. The van der Waals surface area contributed by atoms with Gasteiger partial charge in [-0.2, -0.15) is 0 Å². The Morgan fingerprint density at radius 2 is 1.20 bits per heavy atom. The molecule has 25 heavy (non-hydrogen) atoms. The van der Waals surface area contributed by atoms with Gasteiger partial charge >= 0.3 is 11.9 Å². The highest BCUT2D eigenvalue weighted by atomic mass is 16.6. The summed E-state index contributed by atoms with van der Waals surface area (Å²) in [4.78, 5) is 21.8. The van der Waals surface area contributed by atoms with Gasteiger partial charge in [-0.3, -0.25) is 0 Å². The van der Waals surface area contributed by atoms with Crippen LogP contribution in [0.25, 0.3) is 0 Å². The summed E-state index contributed by atoms with van der Waals surface area (Å²) in [6.45, 7) is 2.33. The van der Waals surface area contributed by atoms with Crippen LogP contribution in [0.2, 0.25) is 0 Å². The monoisotopic (exact) mass is 356 g/mol. The van der Waals surface area contributed by atoms with E-state index in [4.69, 9.17) is 28.8 Å². The molecule has 140 valence electrons. The largest absolute Gasteiger partial charge is 0.480 e. The first-order chi connectivity index (χ1) is 12.2. The van der Waals surface area contributed by atoms with Crippen molar-refractivity contribution < 1.29 is 38.4 Å². The van der Waals surface area contributed by atoms with Crippen molar-refractivity contribution >= 4 is 11.9 Å². The maximum Gasteiger partial charge on any atom is 0.338 e.